The Hall–Kier alpha value is -4.98. The molecule has 5 aromatic carbocycles. The smallest absolute Gasteiger partial charge is 0.0991 e. The molecule has 40 heavy (non-hydrogen) atoms. The summed E-state index contributed by atoms with van der Waals surface area (Å²) < 4.78 is 1.07. The number of nitrogens with zero attached hydrogens (tertiary/aromatic N) is 3. The van der Waals surface area contributed by atoms with Crippen molar-refractivity contribution in [3.63, 3.8) is 0 Å². The molecular weight excluding hydrogens is 554 g/mol. The van der Waals surface area contributed by atoms with Gasteiger partial charge in [-0.25, -0.2) is 0 Å². The molecule has 0 saturated carbocycles. The zero-order chi connectivity index (χ0) is 27.3. The number of pyridine rings is 1. The van der Waals surface area contributed by atoms with Crippen molar-refractivity contribution in [3.05, 3.63) is 156 Å². The molecule has 0 aliphatic carbocycles. The van der Waals surface area contributed by atoms with E-state index in [1.807, 2.05) is 36.5 Å². The van der Waals surface area contributed by atoms with Gasteiger partial charge in [-0.05, 0) is 100 Å². The first kappa shape index (κ1) is 25.3. The highest BCUT2D eigenvalue weighted by Gasteiger charge is 2.14. The van der Waals surface area contributed by atoms with Crippen LogP contribution in [0.2, 0.25) is 0 Å². The Kier molecular flexibility index (Phi) is 7.22. The number of nitriles is 1. The van der Waals surface area contributed by atoms with Crippen LogP contribution in [0, 0.1) is 11.3 Å². The Labute approximate surface area is 242 Å². The predicted octanol–water partition coefficient (Wildman–Crippen LogP) is 10.2. The molecule has 3 nitrogen and oxygen atoms in total. The Bertz CT molecular complexity index is 1750. The van der Waals surface area contributed by atoms with Gasteiger partial charge in [0.2, 0.25) is 0 Å². The highest BCUT2D eigenvalue weighted by molar-refractivity contribution is 9.10. The van der Waals surface area contributed by atoms with Gasteiger partial charge in [-0.1, -0.05) is 82.7 Å². The normalized spacial score (nSPS) is 10.6. The largest absolute Gasteiger partial charge is 0.311 e. The van der Waals surface area contributed by atoms with E-state index in [9.17, 15) is 0 Å². The van der Waals surface area contributed by atoms with E-state index in [-0.39, 0.29) is 0 Å². The fraction of sp³-hybridized carbons (Fsp3) is 0. The first-order valence-corrected chi connectivity index (χ1v) is 13.7. The highest BCUT2D eigenvalue weighted by Crippen LogP contribution is 2.37. The molecule has 1 heterocycles. The zero-order valence-electron chi connectivity index (χ0n) is 21.6. The number of benzene rings is 5. The lowest BCUT2D eigenvalue weighted by atomic mass is 10.0. The van der Waals surface area contributed by atoms with Crippen LogP contribution in [0.25, 0.3) is 33.4 Å². The molecule has 0 atom stereocenters. The fourth-order valence-corrected chi connectivity index (χ4v) is 5.03. The fourth-order valence-electron chi connectivity index (χ4n) is 4.77. The van der Waals surface area contributed by atoms with Crippen LogP contribution in [0.1, 0.15) is 5.56 Å². The van der Waals surface area contributed by atoms with E-state index < -0.39 is 0 Å². The third-order valence-corrected chi connectivity index (χ3v) is 7.42. The van der Waals surface area contributed by atoms with Crippen molar-refractivity contribution in [1.82, 2.24) is 4.98 Å². The van der Waals surface area contributed by atoms with Crippen LogP contribution >= 0.6 is 15.9 Å². The standard InChI is InChI=1S/C36H24BrN3/c37-33-15-7-28(8-16-33)30-11-19-35(20-12-30)40(36-21-13-31(14-22-36)32-2-1-23-39-25-32)34-17-9-29(10-18-34)27-5-3-26(24-38)4-6-27/h1-23,25H. The van der Waals surface area contributed by atoms with Crippen molar-refractivity contribution in [2.75, 3.05) is 4.90 Å². The summed E-state index contributed by atoms with van der Waals surface area (Å²) >= 11 is 3.52. The van der Waals surface area contributed by atoms with E-state index in [4.69, 9.17) is 5.26 Å². The Morgan fingerprint density at radius 3 is 1.30 bits per heavy atom. The molecule has 4 heteroatoms. The average molecular weight is 579 g/mol. The maximum Gasteiger partial charge on any atom is 0.0991 e. The van der Waals surface area contributed by atoms with Crippen LogP contribution in [-0.4, -0.2) is 4.98 Å². The molecule has 0 aliphatic heterocycles. The molecular formula is C36H24BrN3. The van der Waals surface area contributed by atoms with E-state index in [0.717, 1.165) is 43.8 Å². The topological polar surface area (TPSA) is 39.9 Å². The van der Waals surface area contributed by atoms with Crippen LogP contribution in [0.4, 0.5) is 17.1 Å². The van der Waals surface area contributed by atoms with Gasteiger partial charge in [0.25, 0.3) is 0 Å². The number of hydrogen-bond acceptors (Lipinski definition) is 3. The summed E-state index contributed by atoms with van der Waals surface area (Å²) in [7, 11) is 0. The van der Waals surface area contributed by atoms with E-state index in [1.54, 1.807) is 6.20 Å². The van der Waals surface area contributed by atoms with Gasteiger partial charge in [0, 0.05) is 33.9 Å². The van der Waals surface area contributed by atoms with Crippen molar-refractivity contribution >= 4 is 33.0 Å². The molecule has 0 spiro atoms. The Morgan fingerprint density at radius 1 is 0.500 bits per heavy atom. The number of hydrogen-bond donors (Lipinski definition) is 0. The number of anilines is 3. The molecule has 0 N–H and O–H groups in total. The third kappa shape index (κ3) is 5.42. The van der Waals surface area contributed by atoms with Gasteiger partial charge < -0.3 is 4.90 Å². The lowest BCUT2D eigenvalue weighted by molar-refractivity contribution is 1.28. The van der Waals surface area contributed by atoms with E-state index in [0.29, 0.717) is 5.56 Å². The van der Waals surface area contributed by atoms with Crippen LogP contribution in [0.5, 0.6) is 0 Å². The van der Waals surface area contributed by atoms with Gasteiger partial charge >= 0.3 is 0 Å². The van der Waals surface area contributed by atoms with Gasteiger partial charge in [-0.2, -0.15) is 5.26 Å². The van der Waals surface area contributed by atoms with Crippen molar-refractivity contribution in [2.24, 2.45) is 0 Å². The van der Waals surface area contributed by atoms with Crippen LogP contribution < -0.4 is 4.90 Å². The minimum Gasteiger partial charge on any atom is -0.311 e. The maximum absolute atomic E-state index is 9.13. The van der Waals surface area contributed by atoms with E-state index >= 15 is 0 Å². The number of aromatic nitrogens is 1. The molecule has 0 bridgehead atoms. The summed E-state index contributed by atoms with van der Waals surface area (Å²) in [4.78, 5) is 6.53. The molecule has 6 aromatic rings. The molecule has 0 fully saturated rings. The SMILES string of the molecule is N#Cc1ccc(-c2ccc(N(c3ccc(-c4ccc(Br)cc4)cc3)c3ccc(-c4cccnc4)cc3)cc2)cc1. The van der Waals surface area contributed by atoms with Gasteiger partial charge in [-0.3, -0.25) is 4.98 Å². The van der Waals surface area contributed by atoms with Gasteiger partial charge in [0.05, 0.1) is 11.6 Å². The van der Waals surface area contributed by atoms with E-state index in [1.165, 1.54) is 11.1 Å². The van der Waals surface area contributed by atoms with Crippen molar-refractivity contribution < 1.29 is 0 Å². The zero-order valence-corrected chi connectivity index (χ0v) is 23.2. The van der Waals surface area contributed by atoms with Crippen molar-refractivity contribution in [1.29, 1.82) is 5.26 Å². The Balaban J connectivity index is 1.37. The molecule has 1 aromatic heterocycles. The van der Waals surface area contributed by atoms with Crippen LogP contribution in [0.15, 0.2) is 150 Å². The second-order valence-electron chi connectivity index (χ2n) is 9.41. The third-order valence-electron chi connectivity index (χ3n) is 6.90. The number of rotatable bonds is 6. The van der Waals surface area contributed by atoms with Gasteiger partial charge in [-0.15, -0.1) is 0 Å². The van der Waals surface area contributed by atoms with Crippen LogP contribution in [0.3, 0.4) is 0 Å². The number of halogens is 1. The summed E-state index contributed by atoms with van der Waals surface area (Å²) in [6.45, 7) is 0. The van der Waals surface area contributed by atoms with Crippen molar-refractivity contribution in [2.45, 2.75) is 0 Å². The maximum atomic E-state index is 9.13. The monoisotopic (exact) mass is 577 g/mol. The first-order valence-electron chi connectivity index (χ1n) is 13.0. The Morgan fingerprint density at radius 2 is 0.900 bits per heavy atom. The minimum absolute atomic E-state index is 0.660. The molecule has 0 saturated heterocycles. The second-order valence-corrected chi connectivity index (χ2v) is 10.3. The molecule has 0 amide bonds. The second kappa shape index (κ2) is 11.4. The predicted molar refractivity (Wildman–Crippen MR) is 168 cm³/mol. The van der Waals surface area contributed by atoms with Gasteiger partial charge in [0.15, 0.2) is 0 Å². The summed E-state index contributed by atoms with van der Waals surface area (Å²) in [5.41, 5.74) is 10.6. The lowest BCUT2D eigenvalue weighted by Crippen LogP contribution is -2.09. The average Bonchev–Trinajstić information content (AvgIpc) is 3.03. The summed E-state index contributed by atoms with van der Waals surface area (Å²) in [5.74, 6) is 0. The quantitative estimate of drug-likeness (QED) is 0.197. The molecule has 0 aliphatic rings. The molecule has 6 rings (SSSR count). The van der Waals surface area contributed by atoms with Gasteiger partial charge in [0.1, 0.15) is 0 Å². The van der Waals surface area contributed by atoms with Crippen LogP contribution in [-0.2, 0) is 0 Å². The summed E-state index contributed by atoms with van der Waals surface area (Å²) in [6.07, 6.45) is 3.68. The molecule has 190 valence electrons. The van der Waals surface area contributed by atoms with Crippen molar-refractivity contribution in [3.8, 4) is 39.4 Å². The summed E-state index contributed by atoms with van der Waals surface area (Å²) in [6, 6.07) is 48.1. The molecule has 0 unspecified atom stereocenters. The first-order chi connectivity index (χ1) is 19.7. The minimum atomic E-state index is 0.660. The van der Waals surface area contributed by atoms with E-state index in [2.05, 4.69) is 135 Å². The molecule has 0 radical (unpaired) electrons. The summed E-state index contributed by atoms with van der Waals surface area (Å²) in [5, 5.41) is 9.13. The highest BCUT2D eigenvalue weighted by atomic mass is 79.9. The lowest BCUT2D eigenvalue weighted by Gasteiger charge is -2.26.